The fourth-order valence-corrected chi connectivity index (χ4v) is 12.3. The molecule has 0 aliphatic carbocycles. The summed E-state index contributed by atoms with van der Waals surface area (Å²) in [6.45, 7) is 5.14. The summed E-state index contributed by atoms with van der Waals surface area (Å²) in [7, 11) is 0. The van der Waals surface area contributed by atoms with Gasteiger partial charge in [0.25, 0.3) is 0 Å². The number of nitrogens with one attached hydrogen (secondary N) is 13. The number of benzene rings is 2. The second kappa shape index (κ2) is 41.4. The van der Waals surface area contributed by atoms with Crippen molar-refractivity contribution in [3.8, 4) is 5.75 Å². The van der Waals surface area contributed by atoms with Gasteiger partial charge in [-0.25, -0.2) is 14.8 Å². The summed E-state index contributed by atoms with van der Waals surface area (Å²) in [5.41, 5.74) is 13.6. The van der Waals surface area contributed by atoms with Crippen LogP contribution in [0.5, 0.6) is 5.75 Å². The zero-order valence-electron chi connectivity index (χ0n) is 60.0. The molecule has 0 spiro atoms. The number of hydrogen-bond acceptors (Lipinski definition) is 21. The van der Waals surface area contributed by atoms with E-state index in [4.69, 9.17) is 11.5 Å². The summed E-state index contributed by atoms with van der Waals surface area (Å²) < 4.78 is 0. The van der Waals surface area contributed by atoms with Crippen LogP contribution in [0.4, 0.5) is 0 Å². The van der Waals surface area contributed by atoms with Gasteiger partial charge in [-0.2, -0.15) is 11.8 Å². The highest BCUT2D eigenvalue weighted by Gasteiger charge is 2.43. The third-order valence-corrected chi connectivity index (χ3v) is 18.1. The number of amides is 12. The number of aromatic amines is 3. The molecule has 5 aromatic rings. The van der Waals surface area contributed by atoms with Gasteiger partial charge >= 0.3 is 17.9 Å². The van der Waals surface area contributed by atoms with E-state index in [1.165, 1.54) is 74.9 Å². The highest BCUT2D eigenvalue weighted by Crippen LogP contribution is 2.24. The van der Waals surface area contributed by atoms with E-state index in [9.17, 15) is 97.5 Å². The molecule has 0 saturated carbocycles. The van der Waals surface area contributed by atoms with Gasteiger partial charge in [0, 0.05) is 68.1 Å². The molecule has 1 saturated heterocycles. The number of phenolic OH excluding ortho intramolecular Hbond substituents is 1. The zero-order chi connectivity index (χ0) is 79.5. The smallest absolute Gasteiger partial charge is 0.326 e. The van der Waals surface area contributed by atoms with Crippen LogP contribution in [0.1, 0.15) is 102 Å². The van der Waals surface area contributed by atoms with Crippen molar-refractivity contribution >= 4 is 111 Å². The molecule has 108 heavy (non-hydrogen) atoms. The molecule has 6 rings (SSSR count). The van der Waals surface area contributed by atoms with Crippen molar-refractivity contribution in [2.24, 2.45) is 23.3 Å². The van der Waals surface area contributed by atoms with Gasteiger partial charge in [-0.1, -0.05) is 58.0 Å². The van der Waals surface area contributed by atoms with Crippen LogP contribution in [0.3, 0.4) is 0 Å². The molecule has 3 aromatic heterocycles. The Morgan fingerprint density at radius 1 is 0.574 bits per heavy atom. The van der Waals surface area contributed by atoms with E-state index in [1.807, 2.05) is 0 Å². The molecule has 22 N–H and O–H groups in total. The summed E-state index contributed by atoms with van der Waals surface area (Å²) in [5.74, 6) is -17.8. The number of aromatic nitrogens is 5. The monoisotopic (exact) mass is 1530 g/mol. The summed E-state index contributed by atoms with van der Waals surface area (Å²) in [6.07, 6.45) is 4.97. The van der Waals surface area contributed by atoms with Crippen molar-refractivity contribution in [1.82, 2.24) is 83.0 Å². The van der Waals surface area contributed by atoms with Crippen molar-refractivity contribution in [1.29, 1.82) is 0 Å². The fourth-order valence-electron chi connectivity index (χ4n) is 11.8. The van der Waals surface area contributed by atoms with E-state index in [0.717, 1.165) is 4.90 Å². The van der Waals surface area contributed by atoms with Crippen LogP contribution in [0, 0.1) is 11.8 Å². The van der Waals surface area contributed by atoms with E-state index in [2.05, 4.69) is 78.1 Å². The molecule has 0 unspecified atom stereocenters. The van der Waals surface area contributed by atoms with Crippen LogP contribution in [0.15, 0.2) is 79.8 Å². The number of phenols is 1. The molecule has 0 bridgehead atoms. The van der Waals surface area contributed by atoms with Crippen molar-refractivity contribution in [2.45, 2.75) is 177 Å². The highest BCUT2D eigenvalue weighted by atomic mass is 32.2. The lowest BCUT2D eigenvalue weighted by Gasteiger charge is -2.31. The number of primary amides is 1. The highest BCUT2D eigenvalue weighted by molar-refractivity contribution is 7.98. The Balaban J connectivity index is 1.20. The van der Waals surface area contributed by atoms with Crippen molar-refractivity contribution in [3.05, 3.63) is 102 Å². The lowest BCUT2D eigenvalue weighted by molar-refractivity contribution is -0.146. The maximum atomic E-state index is 14.9. The molecule has 39 heteroatoms. The number of aromatic hydroxyl groups is 1. The van der Waals surface area contributed by atoms with Gasteiger partial charge in [0.1, 0.15) is 72.2 Å². The average molecular weight is 1530 g/mol. The fraction of sp³-hybridized carbons (Fsp3) is 0.493. The van der Waals surface area contributed by atoms with Crippen LogP contribution < -0.4 is 64.6 Å². The van der Waals surface area contributed by atoms with Gasteiger partial charge in [-0.15, -0.1) is 0 Å². The molecule has 586 valence electrons. The first kappa shape index (κ1) is 85.4. The Hall–Kier alpha value is -11.5. The maximum Gasteiger partial charge on any atom is 0.326 e. The summed E-state index contributed by atoms with van der Waals surface area (Å²) in [6, 6.07) is -6.75. The Labute approximate surface area is 623 Å². The number of nitrogens with two attached hydrogens (primary N) is 2. The normalized spacial score (nSPS) is 15.8. The molecule has 12 atom stereocenters. The number of H-pyrrole nitrogens is 3. The number of aliphatic carboxylic acids is 3. The van der Waals surface area contributed by atoms with Crippen molar-refractivity contribution in [2.75, 3.05) is 25.2 Å². The number of carboxylic acids is 3. The number of fused-ring (bicyclic) bond motifs is 1. The number of likely N-dealkylation sites (tertiary alicyclic amines) is 1. The number of imidazole rings is 2. The van der Waals surface area contributed by atoms with Crippen LogP contribution in [-0.4, -0.2) is 242 Å². The van der Waals surface area contributed by atoms with Crippen LogP contribution in [0.25, 0.3) is 10.9 Å². The van der Waals surface area contributed by atoms with E-state index in [1.54, 1.807) is 50.6 Å². The molecule has 1 fully saturated rings. The number of aliphatic hydroxyl groups is 1. The summed E-state index contributed by atoms with van der Waals surface area (Å²) in [5, 5.41) is 75.8. The molecular formula is C69H94N18O20S. The minimum absolute atomic E-state index is 0.0427. The molecule has 2 aromatic carbocycles. The van der Waals surface area contributed by atoms with Gasteiger partial charge < -0.3 is 110 Å². The second-order valence-electron chi connectivity index (χ2n) is 26.7. The maximum absolute atomic E-state index is 14.9. The van der Waals surface area contributed by atoms with E-state index in [0.29, 0.717) is 27.7 Å². The van der Waals surface area contributed by atoms with Gasteiger partial charge in [0.15, 0.2) is 0 Å². The zero-order valence-corrected chi connectivity index (χ0v) is 60.8. The standard InChI is InChI=1S/C69H94N18O20S/c1-34(2)21-46(61(98)81-49(26-55(91)92)63(100)84-51(69(106)107)25-39-30-73-33-76-39)79-60(97)45(18-20-108-5)78-62(99)48(23-37-28-74-43-10-7-6-9-41(37)43)82-66(103)53-11-8-19-87(53)68(105)50(27-56(93)94)83-67(104)57(35(3)4)86-64(101)47(22-36-12-14-40(89)15-13-36)80-65(102)52(31-88)85-59(96)44(16-17-54(71)90)77-58(95)42(70)24-38-29-72-32-75-38/h6-7,9-10,12-15,28-30,32-35,42,44-53,57,74,88-89H,8,11,16-27,31,70H2,1-5H3,(H2,71,90)(H,72,75)(H,73,76)(H,77,95)(H,78,99)(H,79,97)(H,80,102)(H,81,98)(H,82,103)(H,83,104)(H,84,100)(H,85,96)(H,86,101)(H,91,92)(H,93,94)(H,106,107)/t42-,44-,45-,46-,47-,48-,49-,50-,51-,52-,53-,57-/m0/s1. The largest absolute Gasteiger partial charge is 0.508 e. The predicted octanol–water partition coefficient (Wildman–Crippen LogP) is -3.50. The van der Waals surface area contributed by atoms with Gasteiger partial charge in [0.05, 0.1) is 49.5 Å². The SMILES string of the molecule is CSCC[C@H](NC(=O)[C@H](Cc1c[nH]c2ccccc12)NC(=O)[C@@H]1CCCN1C(=O)[C@H](CC(=O)O)NC(=O)[C@@H](NC(=O)[C@H](Cc1ccc(O)cc1)NC(=O)[C@H](CO)NC(=O)[C@H](CCC(N)=O)NC(=O)[C@@H](N)Cc1c[nH]cn1)C(C)C)C(=O)N[C@@H](CC(C)C)C(=O)N[C@@H](CC(=O)O)C(=O)N[C@@H](Cc1c[nH]cn1)C(=O)O. The number of rotatable bonds is 44. The third kappa shape index (κ3) is 26.2. The molecule has 4 heterocycles. The molecule has 0 radical (unpaired) electrons. The van der Waals surface area contributed by atoms with Gasteiger partial charge in [0.2, 0.25) is 70.9 Å². The average Bonchev–Trinajstić information content (AvgIpc) is 1.55. The number of para-hydroxylation sites is 1. The second-order valence-corrected chi connectivity index (χ2v) is 27.7. The van der Waals surface area contributed by atoms with Gasteiger partial charge in [-0.05, 0) is 85.3 Å². The minimum Gasteiger partial charge on any atom is -0.508 e. The summed E-state index contributed by atoms with van der Waals surface area (Å²) in [4.78, 5) is 223. The number of carbonyl (C=O) groups excluding carboxylic acids is 12. The lowest BCUT2D eigenvalue weighted by atomic mass is 10.00. The van der Waals surface area contributed by atoms with Crippen LogP contribution in [-0.2, 0) is 97.6 Å². The van der Waals surface area contributed by atoms with Gasteiger partial charge in [-0.3, -0.25) is 67.1 Å². The quantitative estimate of drug-likeness (QED) is 0.0180. The number of carboxylic acid groups (broad SMARTS) is 3. The number of carbonyl (C=O) groups is 15. The first-order chi connectivity index (χ1) is 51.2. The third-order valence-electron chi connectivity index (χ3n) is 17.4. The Kier molecular flexibility index (Phi) is 32.8. The van der Waals surface area contributed by atoms with E-state index < -0.39 is 193 Å². The van der Waals surface area contributed by atoms with Crippen LogP contribution in [0.2, 0.25) is 0 Å². The van der Waals surface area contributed by atoms with E-state index >= 15 is 0 Å². The molecular weight excluding hydrogens is 1430 g/mol. The van der Waals surface area contributed by atoms with Crippen molar-refractivity contribution in [3.63, 3.8) is 0 Å². The van der Waals surface area contributed by atoms with Crippen molar-refractivity contribution < 1.29 is 97.5 Å². The molecule has 38 nitrogen and oxygen atoms in total. The lowest BCUT2D eigenvalue weighted by Crippen LogP contribution is -2.62. The minimum atomic E-state index is -1.92. The van der Waals surface area contributed by atoms with E-state index in [-0.39, 0.29) is 87.4 Å². The Morgan fingerprint density at radius 2 is 1.09 bits per heavy atom. The number of aliphatic hydroxyl groups excluding tert-OH is 1. The molecule has 1 aliphatic rings. The summed E-state index contributed by atoms with van der Waals surface area (Å²) >= 11 is 1.29. The Bertz CT molecular complexity index is 3970. The number of hydrogen-bond donors (Lipinski definition) is 20. The topological polar surface area (TPSA) is 606 Å². The Morgan fingerprint density at radius 3 is 1.69 bits per heavy atom. The number of nitrogens with zero attached hydrogens (tertiary/aromatic N) is 3. The number of thioether (sulfide) groups is 1. The first-order valence-electron chi connectivity index (χ1n) is 34.7. The van der Waals surface area contributed by atoms with Crippen LogP contribution >= 0.6 is 11.8 Å². The predicted molar refractivity (Wildman–Crippen MR) is 385 cm³/mol. The molecule has 1 aliphatic heterocycles. The molecule has 12 amide bonds. The first-order valence-corrected chi connectivity index (χ1v) is 36.1.